The van der Waals surface area contributed by atoms with Gasteiger partial charge in [-0.2, -0.15) is 0 Å². The molecule has 30 heavy (non-hydrogen) atoms. The van der Waals surface area contributed by atoms with E-state index in [2.05, 4.69) is 15.5 Å². The van der Waals surface area contributed by atoms with E-state index in [-0.39, 0.29) is 17.3 Å². The average molecular weight is 416 g/mol. The van der Waals surface area contributed by atoms with Crippen LogP contribution < -0.4 is 5.32 Å². The molecule has 1 heterocycles. The van der Waals surface area contributed by atoms with Crippen LogP contribution >= 0.6 is 11.8 Å². The van der Waals surface area contributed by atoms with Crippen LogP contribution in [-0.2, 0) is 4.79 Å². The largest absolute Gasteiger partial charge is 0.325 e. The first-order valence-corrected chi connectivity index (χ1v) is 10.1. The number of nitrogens with zero attached hydrogens (tertiary/aromatic N) is 3. The monoisotopic (exact) mass is 416 g/mol. The van der Waals surface area contributed by atoms with Crippen molar-refractivity contribution in [1.29, 1.82) is 0 Å². The molecular formula is C22H16N4O3S. The van der Waals surface area contributed by atoms with Crippen LogP contribution in [0.5, 0.6) is 0 Å². The molecule has 3 aromatic carbocycles. The van der Waals surface area contributed by atoms with Gasteiger partial charge in [0.1, 0.15) is 10.7 Å². The number of benzene rings is 3. The first-order chi connectivity index (χ1) is 14.6. The number of hydrogen-bond acceptors (Lipinski definition) is 6. The lowest BCUT2D eigenvalue weighted by atomic mass is 10.1. The molecule has 0 aliphatic heterocycles. The molecule has 4 aromatic rings. The van der Waals surface area contributed by atoms with Gasteiger partial charge >= 0.3 is 0 Å². The van der Waals surface area contributed by atoms with Gasteiger partial charge in [-0.05, 0) is 6.07 Å². The number of thioether (sulfide) groups is 1. The van der Waals surface area contributed by atoms with Gasteiger partial charge in [-0.15, -0.1) is 10.2 Å². The van der Waals surface area contributed by atoms with Gasteiger partial charge in [0, 0.05) is 34.2 Å². The first-order valence-electron chi connectivity index (χ1n) is 9.10. The SMILES string of the molecule is O=C(CSc1nnc(-c2ccccc2)c2ccccc12)Nc1cccc([N+](=O)[O-])c1. The Balaban J connectivity index is 1.53. The fourth-order valence-corrected chi connectivity index (χ4v) is 3.80. The van der Waals surface area contributed by atoms with Gasteiger partial charge in [0.05, 0.1) is 10.7 Å². The Morgan fingerprint density at radius 1 is 0.933 bits per heavy atom. The minimum atomic E-state index is -0.500. The zero-order chi connectivity index (χ0) is 20.9. The molecule has 0 fully saturated rings. The summed E-state index contributed by atoms with van der Waals surface area (Å²) in [5.41, 5.74) is 2.07. The molecule has 148 valence electrons. The third kappa shape index (κ3) is 4.28. The zero-order valence-corrected chi connectivity index (χ0v) is 16.5. The van der Waals surface area contributed by atoms with Crippen molar-refractivity contribution >= 4 is 39.8 Å². The Hall–Kier alpha value is -3.78. The molecule has 1 N–H and O–H groups in total. The molecule has 0 aliphatic rings. The molecule has 0 saturated carbocycles. The van der Waals surface area contributed by atoms with Crippen molar-refractivity contribution in [1.82, 2.24) is 10.2 Å². The lowest BCUT2D eigenvalue weighted by Crippen LogP contribution is -2.14. The van der Waals surface area contributed by atoms with E-state index in [0.29, 0.717) is 10.7 Å². The van der Waals surface area contributed by atoms with Crippen LogP contribution in [0.2, 0.25) is 0 Å². The molecule has 0 saturated heterocycles. The summed E-state index contributed by atoms with van der Waals surface area (Å²) in [7, 11) is 0. The van der Waals surface area contributed by atoms with Crippen molar-refractivity contribution < 1.29 is 9.72 Å². The smallest absolute Gasteiger partial charge is 0.271 e. The summed E-state index contributed by atoms with van der Waals surface area (Å²) in [6.45, 7) is 0. The van der Waals surface area contributed by atoms with Crippen LogP contribution in [0, 0.1) is 10.1 Å². The molecule has 0 radical (unpaired) electrons. The molecule has 8 heteroatoms. The highest BCUT2D eigenvalue weighted by molar-refractivity contribution is 8.00. The maximum absolute atomic E-state index is 12.3. The van der Waals surface area contributed by atoms with E-state index in [9.17, 15) is 14.9 Å². The number of non-ortho nitro benzene ring substituents is 1. The van der Waals surface area contributed by atoms with Gasteiger partial charge < -0.3 is 5.32 Å². The summed E-state index contributed by atoms with van der Waals surface area (Å²) in [4.78, 5) is 22.7. The van der Waals surface area contributed by atoms with Crippen LogP contribution in [0.4, 0.5) is 11.4 Å². The quantitative estimate of drug-likeness (QED) is 0.272. The minimum absolute atomic E-state index is 0.0752. The number of aromatic nitrogens is 2. The zero-order valence-electron chi connectivity index (χ0n) is 15.7. The van der Waals surface area contributed by atoms with Gasteiger partial charge in [0.2, 0.25) is 5.91 Å². The second-order valence-corrected chi connectivity index (χ2v) is 7.37. The number of fused-ring (bicyclic) bond motifs is 1. The summed E-state index contributed by atoms with van der Waals surface area (Å²) in [5, 5.41) is 24.8. The lowest BCUT2D eigenvalue weighted by molar-refractivity contribution is -0.384. The molecule has 0 atom stereocenters. The van der Waals surface area contributed by atoms with Crippen molar-refractivity contribution in [3.05, 3.63) is 89.0 Å². The molecule has 0 aliphatic carbocycles. The fraction of sp³-hybridized carbons (Fsp3) is 0.0455. The van der Waals surface area contributed by atoms with Gasteiger partial charge in [-0.3, -0.25) is 14.9 Å². The summed E-state index contributed by atoms with van der Waals surface area (Å²) >= 11 is 1.27. The number of carbonyl (C=O) groups is 1. The molecule has 1 amide bonds. The topological polar surface area (TPSA) is 98.0 Å². The third-order valence-electron chi connectivity index (χ3n) is 4.38. The van der Waals surface area contributed by atoms with E-state index in [4.69, 9.17) is 0 Å². The average Bonchev–Trinajstić information content (AvgIpc) is 2.78. The van der Waals surface area contributed by atoms with Gasteiger partial charge in [0.25, 0.3) is 5.69 Å². The van der Waals surface area contributed by atoms with Crippen LogP contribution in [-0.4, -0.2) is 26.8 Å². The van der Waals surface area contributed by atoms with E-state index >= 15 is 0 Å². The van der Waals surface area contributed by atoms with E-state index in [0.717, 1.165) is 22.0 Å². The van der Waals surface area contributed by atoms with Gasteiger partial charge in [0.15, 0.2) is 0 Å². The fourth-order valence-electron chi connectivity index (χ4n) is 3.02. The maximum Gasteiger partial charge on any atom is 0.271 e. The number of hydrogen-bond donors (Lipinski definition) is 1. The van der Waals surface area contributed by atoms with Crippen LogP contribution in [0.15, 0.2) is 83.9 Å². The predicted octanol–water partition coefficient (Wildman–Crippen LogP) is 4.94. The summed E-state index contributed by atoms with van der Waals surface area (Å²) in [6.07, 6.45) is 0. The normalized spacial score (nSPS) is 10.7. The molecule has 7 nitrogen and oxygen atoms in total. The molecule has 1 aromatic heterocycles. The van der Waals surface area contributed by atoms with Crippen LogP contribution in [0.1, 0.15) is 0 Å². The van der Waals surface area contributed by atoms with Crippen LogP contribution in [0.3, 0.4) is 0 Å². The van der Waals surface area contributed by atoms with Crippen molar-refractivity contribution in [2.45, 2.75) is 5.03 Å². The third-order valence-corrected chi connectivity index (χ3v) is 5.36. The predicted molar refractivity (Wildman–Crippen MR) is 117 cm³/mol. The molecule has 0 unspecified atom stereocenters. The van der Waals surface area contributed by atoms with Crippen molar-refractivity contribution in [2.24, 2.45) is 0 Å². The number of rotatable bonds is 6. The Bertz CT molecular complexity index is 1230. The number of carbonyl (C=O) groups excluding carboxylic acids is 1. The maximum atomic E-state index is 12.3. The Kier molecular flexibility index (Phi) is 5.67. The standard InChI is InChI=1S/C22H16N4O3S/c27-20(23-16-9-6-10-17(13-16)26(28)29)14-30-22-19-12-5-4-11-18(19)21(24-25-22)15-7-2-1-3-8-15/h1-13H,14H2,(H,23,27). The van der Waals surface area contributed by atoms with E-state index in [1.54, 1.807) is 6.07 Å². The van der Waals surface area contributed by atoms with E-state index < -0.39 is 4.92 Å². The van der Waals surface area contributed by atoms with Crippen molar-refractivity contribution in [3.63, 3.8) is 0 Å². The Labute approximate surface area is 176 Å². The summed E-state index contributed by atoms with van der Waals surface area (Å²) in [5.74, 6) is -0.176. The highest BCUT2D eigenvalue weighted by Gasteiger charge is 2.13. The highest BCUT2D eigenvalue weighted by Crippen LogP contribution is 2.31. The second-order valence-electron chi connectivity index (χ2n) is 6.41. The lowest BCUT2D eigenvalue weighted by Gasteiger charge is -2.09. The van der Waals surface area contributed by atoms with E-state index in [1.807, 2.05) is 54.6 Å². The van der Waals surface area contributed by atoms with Gasteiger partial charge in [-0.1, -0.05) is 72.4 Å². The van der Waals surface area contributed by atoms with Crippen LogP contribution in [0.25, 0.3) is 22.0 Å². The Morgan fingerprint density at radius 3 is 2.43 bits per heavy atom. The molecule has 0 bridgehead atoms. The number of anilines is 1. The Morgan fingerprint density at radius 2 is 1.67 bits per heavy atom. The number of nitrogens with one attached hydrogen (secondary N) is 1. The molecule has 0 spiro atoms. The second kappa shape index (κ2) is 8.71. The van der Waals surface area contributed by atoms with Crippen molar-refractivity contribution in [3.8, 4) is 11.3 Å². The number of nitro groups is 1. The van der Waals surface area contributed by atoms with Gasteiger partial charge in [-0.25, -0.2) is 0 Å². The number of amides is 1. The number of nitro benzene ring substituents is 1. The molecular weight excluding hydrogens is 400 g/mol. The van der Waals surface area contributed by atoms with E-state index in [1.165, 1.54) is 30.0 Å². The minimum Gasteiger partial charge on any atom is -0.325 e. The molecule has 4 rings (SSSR count). The summed E-state index contributed by atoms with van der Waals surface area (Å²) < 4.78 is 0. The van der Waals surface area contributed by atoms with Crippen molar-refractivity contribution in [2.75, 3.05) is 11.1 Å². The first kappa shape index (κ1) is 19.5. The summed E-state index contributed by atoms with van der Waals surface area (Å²) in [6, 6.07) is 23.5. The highest BCUT2D eigenvalue weighted by atomic mass is 32.2.